The molecule has 0 heterocycles. The van der Waals surface area contributed by atoms with Gasteiger partial charge in [0.15, 0.2) is 0 Å². The summed E-state index contributed by atoms with van der Waals surface area (Å²) >= 11 is 0. The second-order valence-electron chi connectivity index (χ2n) is 4.06. The number of nitrogens with two attached hydrogens (primary N) is 1. The summed E-state index contributed by atoms with van der Waals surface area (Å²) in [6.45, 7) is 4.49. The topological polar surface area (TPSA) is 72.5 Å². The second kappa shape index (κ2) is 6.13. The van der Waals surface area contributed by atoms with Crippen LogP contribution in [0.3, 0.4) is 0 Å². The predicted molar refractivity (Wildman–Crippen MR) is 66.9 cm³/mol. The molecule has 0 unspecified atom stereocenters. The van der Waals surface area contributed by atoms with Crippen LogP contribution >= 0.6 is 0 Å². The minimum absolute atomic E-state index is 0.103. The van der Waals surface area contributed by atoms with E-state index in [1.54, 1.807) is 0 Å². The van der Waals surface area contributed by atoms with Gasteiger partial charge in [-0.15, -0.1) is 0 Å². The number of hydrogen-bond donors (Lipinski definition) is 2. The number of phenolic OH excluding ortho intramolecular Hbond substituents is 1. The number of rotatable bonds is 5. The number of benzene rings is 1. The minimum atomic E-state index is -0.526. The molecule has 0 aromatic heterocycles. The molecule has 0 radical (unpaired) electrons. The highest BCUT2D eigenvalue weighted by Crippen LogP contribution is 2.21. The van der Waals surface area contributed by atoms with Crippen molar-refractivity contribution in [2.45, 2.75) is 26.7 Å². The van der Waals surface area contributed by atoms with E-state index in [0.717, 1.165) is 12.8 Å². The number of anilines is 1. The summed E-state index contributed by atoms with van der Waals surface area (Å²) in [5.41, 5.74) is 6.10. The van der Waals surface area contributed by atoms with Crippen molar-refractivity contribution in [3.63, 3.8) is 0 Å². The van der Waals surface area contributed by atoms with E-state index in [1.165, 1.54) is 18.2 Å². The summed E-state index contributed by atoms with van der Waals surface area (Å²) in [6.07, 6.45) is 1.93. The Kier molecular flexibility index (Phi) is 4.82. The molecule has 1 rings (SSSR count). The predicted octanol–water partition coefficient (Wildman–Crippen LogP) is 2.57. The van der Waals surface area contributed by atoms with Crippen molar-refractivity contribution >= 4 is 11.7 Å². The molecule has 4 heteroatoms. The number of nitrogen functional groups attached to an aromatic ring is 1. The largest absolute Gasteiger partial charge is 0.507 e. The first-order chi connectivity index (χ1) is 8.08. The maximum Gasteiger partial charge on any atom is 0.341 e. The number of esters is 1. The fourth-order valence-corrected chi connectivity index (χ4v) is 1.51. The van der Waals surface area contributed by atoms with Crippen molar-refractivity contribution in [1.82, 2.24) is 0 Å². The molecule has 0 aliphatic carbocycles. The Labute approximate surface area is 101 Å². The van der Waals surface area contributed by atoms with E-state index in [-0.39, 0.29) is 11.3 Å². The molecular weight excluding hydrogens is 218 g/mol. The summed E-state index contributed by atoms with van der Waals surface area (Å²) < 4.78 is 5.15. The van der Waals surface area contributed by atoms with Crippen LogP contribution in [0.4, 0.5) is 5.69 Å². The lowest BCUT2D eigenvalue weighted by atomic mass is 10.1. The van der Waals surface area contributed by atoms with Crippen molar-refractivity contribution in [1.29, 1.82) is 0 Å². The third kappa shape index (κ3) is 3.66. The molecule has 0 fully saturated rings. The summed E-state index contributed by atoms with van der Waals surface area (Å²) in [7, 11) is 0. The van der Waals surface area contributed by atoms with Gasteiger partial charge in [-0.1, -0.05) is 26.7 Å². The van der Waals surface area contributed by atoms with Crippen LogP contribution in [0.1, 0.15) is 37.0 Å². The van der Waals surface area contributed by atoms with Gasteiger partial charge in [0.2, 0.25) is 0 Å². The molecular formula is C13H19NO3. The SMILES string of the molecule is CCC(CC)COC(=O)c1cc(N)ccc1O. The number of phenols is 1. The van der Waals surface area contributed by atoms with Crippen LogP contribution in [-0.4, -0.2) is 17.7 Å². The van der Waals surface area contributed by atoms with Gasteiger partial charge < -0.3 is 15.6 Å². The minimum Gasteiger partial charge on any atom is -0.507 e. The summed E-state index contributed by atoms with van der Waals surface area (Å²) in [6, 6.07) is 4.35. The number of hydrogen-bond acceptors (Lipinski definition) is 4. The third-order valence-electron chi connectivity index (χ3n) is 2.85. The number of aromatic hydroxyl groups is 1. The Hall–Kier alpha value is -1.71. The first-order valence-electron chi connectivity index (χ1n) is 5.84. The average molecular weight is 237 g/mol. The van der Waals surface area contributed by atoms with Crippen LogP contribution in [0, 0.1) is 5.92 Å². The zero-order chi connectivity index (χ0) is 12.8. The van der Waals surface area contributed by atoms with Crippen LogP contribution in [-0.2, 0) is 4.74 Å². The highest BCUT2D eigenvalue weighted by molar-refractivity contribution is 5.93. The van der Waals surface area contributed by atoms with Crippen molar-refractivity contribution < 1.29 is 14.6 Å². The van der Waals surface area contributed by atoms with Crippen molar-refractivity contribution in [3.8, 4) is 5.75 Å². The third-order valence-corrected chi connectivity index (χ3v) is 2.85. The zero-order valence-electron chi connectivity index (χ0n) is 10.3. The van der Waals surface area contributed by atoms with Crippen LogP contribution in [0.5, 0.6) is 5.75 Å². The summed E-state index contributed by atoms with van der Waals surface area (Å²) in [5, 5.41) is 9.53. The van der Waals surface area contributed by atoms with E-state index in [2.05, 4.69) is 13.8 Å². The lowest BCUT2D eigenvalue weighted by molar-refractivity contribution is 0.0430. The molecule has 1 aromatic rings. The van der Waals surface area contributed by atoms with Crippen molar-refractivity contribution in [3.05, 3.63) is 23.8 Å². The van der Waals surface area contributed by atoms with Crippen LogP contribution < -0.4 is 5.73 Å². The van der Waals surface area contributed by atoms with Gasteiger partial charge in [-0.05, 0) is 24.1 Å². The number of carbonyl (C=O) groups is 1. The highest BCUT2D eigenvalue weighted by atomic mass is 16.5. The molecule has 0 amide bonds. The van der Waals surface area contributed by atoms with Crippen LogP contribution in [0.2, 0.25) is 0 Å². The Morgan fingerprint density at radius 3 is 2.65 bits per heavy atom. The van der Waals surface area contributed by atoms with Gasteiger partial charge in [0, 0.05) is 5.69 Å². The van der Waals surface area contributed by atoms with Gasteiger partial charge in [0.25, 0.3) is 0 Å². The van der Waals surface area contributed by atoms with E-state index in [0.29, 0.717) is 18.2 Å². The van der Waals surface area contributed by atoms with E-state index >= 15 is 0 Å². The van der Waals surface area contributed by atoms with Gasteiger partial charge in [-0.3, -0.25) is 0 Å². The van der Waals surface area contributed by atoms with Crippen LogP contribution in [0.15, 0.2) is 18.2 Å². The molecule has 0 saturated heterocycles. The first-order valence-corrected chi connectivity index (χ1v) is 5.84. The average Bonchev–Trinajstić information content (AvgIpc) is 2.33. The Morgan fingerprint density at radius 1 is 1.41 bits per heavy atom. The van der Waals surface area contributed by atoms with Crippen LogP contribution in [0.25, 0.3) is 0 Å². The lowest BCUT2D eigenvalue weighted by Gasteiger charge is -2.13. The molecule has 1 aromatic carbocycles. The van der Waals surface area contributed by atoms with E-state index in [1.807, 2.05) is 0 Å². The van der Waals surface area contributed by atoms with Crippen molar-refractivity contribution in [2.24, 2.45) is 5.92 Å². The van der Waals surface area contributed by atoms with Crippen molar-refractivity contribution in [2.75, 3.05) is 12.3 Å². The standard InChI is InChI=1S/C13H19NO3/c1-3-9(4-2)8-17-13(16)11-7-10(14)5-6-12(11)15/h5-7,9,15H,3-4,8,14H2,1-2H3. The molecule has 4 nitrogen and oxygen atoms in total. The van der Waals surface area contributed by atoms with E-state index < -0.39 is 5.97 Å². The Bertz CT molecular complexity index is 386. The maximum atomic E-state index is 11.7. The fourth-order valence-electron chi connectivity index (χ4n) is 1.51. The Morgan fingerprint density at radius 2 is 2.06 bits per heavy atom. The number of carbonyl (C=O) groups excluding carboxylic acids is 1. The zero-order valence-corrected chi connectivity index (χ0v) is 10.3. The maximum absolute atomic E-state index is 11.7. The number of ether oxygens (including phenoxy) is 1. The van der Waals surface area contributed by atoms with Gasteiger partial charge in [0.05, 0.1) is 6.61 Å². The van der Waals surface area contributed by atoms with Gasteiger partial charge >= 0.3 is 5.97 Å². The van der Waals surface area contributed by atoms with Gasteiger partial charge in [0.1, 0.15) is 11.3 Å². The molecule has 17 heavy (non-hydrogen) atoms. The molecule has 0 aliphatic rings. The smallest absolute Gasteiger partial charge is 0.341 e. The van der Waals surface area contributed by atoms with E-state index in [4.69, 9.17) is 10.5 Å². The molecule has 0 atom stereocenters. The molecule has 0 aliphatic heterocycles. The molecule has 94 valence electrons. The van der Waals surface area contributed by atoms with Gasteiger partial charge in [-0.25, -0.2) is 4.79 Å². The van der Waals surface area contributed by atoms with E-state index in [9.17, 15) is 9.90 Å². The monoisotopic (exact) mass is 237 g/mol. The summed E-state index contributed by atoms with van der Waals surface area (Å²) in [5.74, 6) is -0.266. The van der Waals surface area contributed by atoms with Gasteiger partial charge in [-0.2, -0.15) is 0 Å². The fraction of sp³-hybridized carbons (Fsp3) is 0.462. The highest BCUT2D eigenvalue weighted by Gasteiger charge is 2.14. The summed E-state index contributed by atoms with van der Waals surface area (Å²) in [4.78, 5) is 11.7. The molecule has 3 N–H and O–H groups in total. The second-order valence-corrected chi connectivity index (χ2v) is 4.06. The molecule has 0 spiro atoms. The molecule has 0 bridgehead atoms. The first kappa shape index (κ1) is 13.4. The quantitative estimate of drug-likeness (QED) is 0.469. The Balaban J connectivity index is 2.66. The normalized spacial score (nSPS) is 10.5. The molecule has 0 saturated carbocycles. The lowest BCUT2D eigenvalue weighted by Crippen LogP contribution is -2.13.